The minimum atomic E-state index is -0.885. The standard InChI is InChI=1S/C47H41N7O2/c1-3-56-46(55)43-34-53(33-32-35-18-8-4-9-19-35)49-45(43)52(2)40-30-28-36(29-31-40)41-26-16-17-27-42(41)44-48-50-51-54(44)47(37-20-10-5-11-21-37,38-22-12-6-13-23-38)39-24-14-7-15-25-39/h4-31,34H,3,32-33H2,1-2H3. The Bertz CT molecular complexity index is 2420. The van der Waals surface area contributed by atoms with E-state index in [9.17, 15) is 4.79 Å². The summed E-state index contributed by atoms with van der Waals surface area (Å²) in [5.41, 5.74) is 7.52. The van der Waals surface area contributed by atoms with Crippen LogP contribution >= 0.6 is 0 Å². The summed E-state index contributed by atoms with van der Waals surface area (Å²) in [4.78, 5) is 15.1. The van der Waals surface area contributed by atoms with Crippen molar-refractivity contribution >= 4 is 17.5 Å². The van der Waals surface area contributed by atoms with Gasteiger partial charge in [0.2, 0.25) is 0 Å². The molecule has 0 atom stereocenters. The minimum absolute atomic E-state index is 0.276. The molecule has 2 aromatic heterocycles. The first-order valence-electron chi connectivity index (χ1n) is 18.8. The summed E-state index contributed by atoms with van der Waals surface area (Å²) >= 11 is 0. The largest absolute Gasteiger partial charge is 0.462 e. The highest BCUT2D eigenvalue weighted by molar-refractivity contribution is 5.95. The van der Waals surface area contributed by atoms with Gasteiger partial charge < -0.3 is 9.64 Å². The lowest BCUT2D eigenvalue weighted by molar-refractivity contribution is 0.0527. The summed E-state index contributed by atoms with van der Waals surface area (Å²) in [5.74, 6) is 0.752. The molecule has 0 saturated heterocycles. The van der Waals surface area contributed by atoms with Gasteiger partial charge in [-0.1, -0.05) is 158 Å². The Balaban J connectivity index is 1.18. The number of hydrogen-bond acceptors (Lipinski definition) is 7. The highest BCUT2D eigenvalue weighted by atomic mass is 16.5. The van der Waals surface area contributed by atoms with Crippen LogP contribution in [0.15, 0.2) is 176 Å². The van der Waals surface area contributed by atoms with Crippen molar-refractivity contribution in [1.29, 1.82) is 0 Å². The molecule has 9 nitrogen and oxygen atoms in total. The van der Waals surface area contributed by atoms with E-state index in [-0.39, 0.29) is 6.61 Å². The van der Waals surface area contributed by atoms with E-state index in [1.165, 1.54) is 5.56 Å². The number of benzene rings is 6. The van der Waals surface area contributed by atoms with Crippen molar-refractivity contribution in [2.24, 2.45) is 0 Å². The number of nitrogens with zero attached hydrogens (tertiary/aromatic N) is 7. The molecule has 0 aliphatic rings. The fourth-order valence-electron chi connectivity index (χ4n) is 7.42. The molecule has 0 N–H and O–H groups in total. The summed E-state index contributed by atoms with van der Waals surface area (Å²) in [6, 6.07) is 57.9. The molecule has 0 spiro atoms. The number of ether oxygens (including phenoxy) is 1. The van der Waals surface area contributed by atoms with Crippen molar-refractivity contribution < 1.29 is 9.53 Å². The van der Waals surface area contributed by atoms with Gasteiger partial charge in [-0.15, -0.1) is 5.10 Å². The fraction of sp³-hybridized carbons (Fsp3) is 0.128. The molecule has 2 heterocycles. The Morgan fingerprint density at radius 2 is 1.21 bits per heavy atom. The first kappa shape index (κ1) is 35.9. The fourth-order valence-corrected chi connectivity index (χ4v) is 7.42. The third-order valence-corrected chi connectivity index (χ3v) is 10.1. The second-order valence-corrected chi connectivity index (χ2v) is 13.5. The molecule has 8 aromatic rings. The maximum Gasteiger partial charge on any atom is 0.343 e. The summed E-state index contributed by atoms with van der Waals surface area (Å²) in [6.45, 7) is 2.71. The molecular weight excluding hydrogens is 695 g/mol. The van der Waals surface area contributed by atoms with Gasteiger partial charge in [-0.05, 0) is 69.3 Å². The Labute approximate surface area is 326 Å². The Morgan fingerprint density at radius 3 is 1.79 bits per heavy atom. The maximum atomic E-state index is 13.1. The van der Waals surface area contributed by atoms with Gasteiger partial charge in [-0.25, -0.2) is 9.48 Å². The number of tetrazole rings is 1. The topological polar surface area (TPSA) is 91.0 Å². The maximum absolute atomic E-state index is 13.1. The summed E-state index contributed by atoms with van der Waals surface area (Å²) in [6.07, 6.45) is 2.57. The van der Waals surface area contributed by atoms with Crippen molar-refractivity contribution in [3.8, 4) is 22.5 Å². The highest BCUT2D eigenvalue weighted by Crippen LogP contribution is 2.43. The van der Waals surface area contributed by atoms with Crippen LogP contribution in [0.3, 0.4) is 0 Å². The van der Waals surface area contributed by atoms with Crippen LogP contribution in [0.1, 0.15) is 39.5 Å². The molecule has 0 amide bonds. The third-order valence-electron chi connectivity index (χ3n) is 10.1. The average molecular weight is 736 g/mol. The van der Waals surface area contributed by atoms with Crippen LogP contribution in [0.2, 0.25) is 0 Å². The van der Waals surface area contributed by atoms with Crippen molar-refractivity contribution in [2.45, 2.75) is 25.4 Å². The first-order chi connectivity index (χ1) is 27.6. The molecule has 0 aliphatic heterocycles. The number of carbonyl (C=O) groups excluding carboxylic acids is 1. The van der Waals surface area contributed by atoms with Gasteiger partial charge in [-0.2, -0.15) is 5.10 Å². The summed E-state index contributed by atoms with van der Waals surface area (Å²) < 4.78 is 9.21. The van der Waals surface area contributed by atoms with Crippen molar-refractivity contribution in [3.05, 3.63) is 204 Å². The Morgan fingerprint density at radius 1 is 0.679 bits per heavy atom. The zero-order valence-electron chi connectivity index (χ0n) is 31.3. The molecule has 0 bridgehead atoms. The molecule has 9 heteroatoms. The number of aromatic nitrogens is 6. The Hall–Kier alpha value is -7.13. The third kappa shape index (κ3) is 6.86. The zero-order chi connectivity index (χ0) is 38.3. The first-order valence-corrected chi connectivity index (χ1v) is 18.8. The highest BCUT2D eigenvalue weighted by Gasteiger charge is 2.42. The average Bonchev–Trinajstić information content (AvgIpc) is 3.93. The predicted molar refractivity (Wildman–Crippen MR) is 220 cm³/mol. The molecule has 0 saturated carbocycles. The zero-order valence-corrected chi connectivity index (χ0v) is 31.3. The minimum Gasteiger partial charge on any atom is -0.462 e. The van der Waals surface area contributed by atoms with Crippen molar-refractivity contribution in [2.75, 3.05) is 18.6 Å². The van der Waals surface area contributed by atoms with Crippen LogP contribution in [0.4, 0.5) is 11.5 Å². The molecule has 56 heavy (non-hydrogen) atoms. The van der Waals surface area contributed by atoms with E-state index >= 15 is 0 Å². The molecule has 8 rings (SSSR count). The van der Waals surface area contributed by atoms with Crippen molar-refractivity contribution in [3.63, 3.8) is 0 Å². The summed E-state index contributed by atoms with van der Waals surface area (Å²) in [7, 11) is 1.92. The molecule has 6 aromatic carbocycles. The number of carbonyl (C=O) groups is 1. The van der Waals surface area contributed by atoms with E-state index in [0.29, 0.717) is 23.8 Å². The molecule has 0 unspecified atom stereocenters. The molecule has 0 aliphatic carbocycles. The van der Waals surface area contributed by atoms with Gasteiger partial charge in [-0.3, -0.25) is 4.68 Å². The SMILES string of the molecule is CCOC(=O)c1cn(CCc2ccccc2)nc1N(C)c1ccc(-c2ccccc2-c2nnnn2C(c2ccccc2)(c2ccccc2)c2ccccc2)cc1. The number of hydrogen-bond donors (Lipinski definition) is 0. The van der Waals surface area contributed by atoms with Crippen LogP contribution in [-0.4, -0.2) is 49.6 Å². The second-order valence-electron chi connectivity index (χ2n) is 13.5. The quantitative estimate of drug-likeness (QED) is 0.0862. The Kier molecular flexibility index (Phi) is 10.3. The summed E-state index contributed by atoms with van der Waals surface area (Å²) in [5, 5.41) is 18.7. The molecule has 0 fully saturated rings. The van der Waals surface area contributed by atoms with E-state index in [4.69, 9.17) is 20.1 Å². The molecular formula is C47H41N7O2. The number of esters is 1. The van der Waals surface area contributed by atoms with Crippen LogP contribution in [0.25, 0.3) is 22.5 Å². The van der Waals surface area contributed by atoms with E-state index < -0.39 is 11.5 Å². The van der Waals surface area contributed by atoms with Crippen LogP contribution in [-0.2, 0) is 23.2 Å². The lowest BCUT2D eigenvalue weighted by Crippen LogP contribution is -2.39. The number of rotatable bonds is 13. The van der Waals surface area contributed by atoms with Gasteiger partial charge in [0.05, 0.1) is 6.61 Å². The van der Waals surface area contributed by atoms with Gasteiger partial charge in [0.25, 0.3) is 0 Å². The predicted octanol–water partition coefficient (Wildman–Crippen LogP) is 9.23. The number of aryl methyl sites for hydroxylation is 2. The van der Waals surface area contributed by atoms with E-state index in [1.54, 1.807) is 13.1 Å². The van der Waals surface area contributed by atoms with E-state index in [2.05, 4.69) is 114 Å². The van der Waals surface area contributed by atoms with Gasteiger partial charge in [0.1, 0.15) is 11.1 Å². The monoisotopic (exact) mass is 735 g/mol. The van der Waals surface area contributed by atoms with E-state index in [0.717, 1.165) is 45.5 Å². The van der Waals surface area contributed by atoms with Gasteiger partial charge in [0.15, 0.2) is 11.6 Å². The van der Waals surface area contributed by atoms with Crippen LogP contribution in [0.5, 0.6) is 0 Å². The van der Waals surface area contributed by atoms with E-state index in [1.807, 2.05) is 82.0 Å². The normalized spacial score (nSPS) is 11.3. The van der Waals surface area contributed by atoms with Crippen LogP contribution < -0.4 is 4.90 Å². The van der Waals surface area contributed by atoms with Crippen molar-refractivity contribution in [1.82, 2.24) is 30.0 Å². The lowest BCUT2D eigenvalue weighted by Gasteiger charge is -2.36. The van der Waals surface area contributed by atoms with Crippen LogP contribution in [0, 0.1) is 0 Å². The van der Waals surface area contributed by atoms with Gasteiger partial charge in [0, 0.05) is 31.0 Å². The second kappa shape index (κ2) is 16.1. The molecule has 276 valence electrons. The number of anilines is 2. The molecule has 0 radical (unpaired) electrons. The lowest BCUT2D eigenvalue weighted by atomic mass is 9.77. The van der Waals surface area contributed by atoms with Gasteiger partial charge >= 0.3 is 5.97 Å². The smallest absolute Gasteiger partial charge is 0.343 e.